The molecule has 0 bridgehead atoms. The van der Waals surface area contributed by atoms with Gasteiger partial charge in [-0.3, -0.25) is 0 Å². The topological polar surface area (TPSA) is 52.0 Å². The number of allylic oxidation sites excluding steroid dienone is 4. The lowest BCUT2D eigenvalue weighted by atomic mass is 9.60. The molecular weight excluding hydrogens is 304 g/mol. The van der Waals surface area contributed by atoms with E-state index < -0.39 is 0 Å². The van der Waals surface area contributed by atoms with Gasteiger partial charge in [0.05, 0.1) is 0 Å². The third-order valence-corrected chi connectivity index (χ3v) is 8.97. The van der Waals surface area contributed by atoms with Gasteiger partial charge in [-0.1, -0.05) is 38.5 Å². The smallest absolute Gasteiger partial charge is 0.00990 e. The van der Waals surface area contributed by atoms with E-state index in [0.29, 0.717) is 29.3 Å². The molecular formula is C23H38N2. The minimum atomic E-state index is 0.241. The van der Waals surface area contributed by atoms with Crippen molar-refractivity contribution in [3.63, 3.8) is 0 Å². The highest BCUT2D eigenvalue weighted by Gasteiger charge is 2.53. The standard InChI is InChI=1S/C23H38N2/c1-14(24)18-8-9-20-17-6-7-19-16(5-10-21(25)22(19,2)3)13-15(17)11-12-23(18,20)4/h11,13-14,17-21H,5-10,12,24-25H2,1-4H3/t14-,17+,18+,19+,20-,21-,23+/m0/s1. The fourth-order valence-electron chi connectivity index (χ4n) is 7.27. The largest absolute Gasteiger partial charge is 0.328 e. The van der Waals surface area contributed by atoms with Gasteiger partial charge in [0.25, 0.3) is 0 Å². The molecule has 0 radical (unpaired) electrons. The monoisotopic (exact) mass is 342 g/mol. The molecule has 0 spiro atoms. The third-order valence-electron chi connectivity index (χ3n) is 8.97. The maximum absolute atomic E-state index is 6.52. The van der Waals surface area contributed by atoms with Crippen molar-refractivity contribution in [3.8, 4) is 0 Å². The Kier molecular flexibility index (Phi) is 4.24. The van der Waals surface area contributed by atoms with Crippen molar-refractivity contribution in [2.45, 2.75) is 84.7 Å². The Balaban J connectivity index is 1.66. The SMILES string of the molecule is C[C@H](N)[C@H]1CC[C@H]2[C@@H]3CC[C@@H]4C(=CC3=CC[C@]12C)CC[C@H](N)C4(C)C. The van der Waals surface area contributed by atoms with Crippen LogP contribution >= 0.6 is 0 Å². The molecule has 0 heterocycles. The summed E-state index contributed by atoms with van der Waals surface area (Å²) >= 11 is 0. The summed E-state index contributed by atoms with van der Waals surface area (Å²) < 4.78 is 0. The van der Waals surface area contributed by atoms with Gasteiger partial charge in [-0.2, -0.15) is 0 Å². The molecule has 4 rings (SSSR count). The summed E-state index contributed by atoms with van der Waals surface area (Å²) in [5, 5.41) is 0. The quantitative estimate of drug-likeness (QED) is 0.719. The Bertz CT molecular complexity index is 599. The number of hydrogen-bond donors (Lipinski definition) is 2. The van der Waals surface area contributed by atoms with Gasteiger partial charge in [-0.25, -0.2) is 0 Å². The Labute approximate surface area is 154 Å². The first-order valence-corrected chi connectivity index (χ1v) is 10.7. The van der Waals surface area contributed by atoms with Gasteiger partial charge in [0.15, 0.2) is 0 Å². The molecule has 2 fully saturated rings. The molecule has 2 heteroatoms. The van der Waals surface area contributed by atoms with Crippen LogP contribution in [0.3, 0.4) is 0 Å². The Morgan fingerprint density at radius 1 is 1.08 bits per heavy atom. The molecule has 0 aliphatic heterocycles. The molecule has 7 atom stereocenters. The maximum atomic E-state index is 6.52. The molecule has 2 saturated carbocycles. The average Bonchev–Trinajstić information content (AvgIpc) is 2.77. The lowest BCUT2D eigenvalue weighted by molar-refractivity contribution is 0.0892. The molecule has 4 aliphatic carbocycles. The van der Waals surface area contributed by atoms with Crippen molar-refractivity contribution in [1.29, 1.82) is 0 Å². The first-order valence-electron chi connectivity index (χ1n) is 10.7. The molecule has 25 heavy (non-hydrogen) atoms. The molecule has 140 valence electrons. The Hall–Kier alpha value is -0.600. The van der Waals surface area contributed by atoms with Gasteiger partial charge < -0.3 is 11.5 Å². The number of nitrogens with two attached hydrogens (primary N) is 2. The summed E-state index contributed by atoms with van der Waals surface area (Å²) in [6, 6.07) is 0.677. The number of fused-ring (bicyclic) bond motifs is 4. The van der Waals surface area contributed by atoms with Crippen molar-refractivity contribution in [3.05, 3.63) is 23.3 Å². The van der Waals surface area contributed by atoms with Crippen LogP contribution in [-0.4, -0.2) is 12.1 Å². The molecule has 4 N–H and O–H groups in total. The summed E-state index contributed by atoms with van der Waals surface area (Å²) in [7, 11) is 0. The zero-order valence-electron chi connectivity index (χ0n) is 16.7. The predicted octanol–water partition coefficient (Wildman–Crippen LogP) is 4.80. The van der Waals surface area contributed by atoms with Gasteiger partial charge in [-0.15, -0.1) is 0 Å². The molecule has 0 aromatic rings. The van der Waals surface area contributed by atoms with Crippen molar-refractivity contribution < 1.29 is 0 Å². The van der Waals surface area contributed by atoms with Crippen molar-refractivity contribution in [2.24, 2.45) is 46.0 Å². The van der Waals surface area contributed by atoms with Gasteiger partial charge in [0.2, 0.25) is 0 Å². The maximum Gasteiger partial charge on any atom is 0.00990 e. The van der Waals surface area contributed by atoms with E-state index in [1.54, 1.807) is 11.1 Å². The van der Waals surface area contributed by atoms with E-state index >= 15 is 0 Å². The van der Waals surface area contributed by atoms with Gasteiger partial charge in [0, 0.05) is 12.1 Å². The Morgan fingerprint density at radius 3 is 2.56 bits per heavy atom. The molecule has 0 unspecified atom stereocenters. The van der Waals surface area contributed by atoms with E-state index in [2.05, 4.69) is 39.8 Å². The zero-order valence-corrected chi connectivity index (χ0v) is 16.7. The second-order valence-corrected chi connectivity index (χ2v) is 10.5. The minimum absolute atomic E-state index is 0.241. The van der Waals surface area contributed by atoms with Crippen LogP contribution in [0.5, 0.6) is 0 Å². The highest BCUT2D eigenvalue weighted by molar-refractivity contribution is 5.35. The van der Waals surface area contributed by atoms with E-state index in [9.17, 15) is 0 Å². The van der Waals surface area contributed by atoms with Crippen LogP contribution in [0.25, 0.3) is 0 Å². The van der Waals surface area contributed by atoms with E-state index in [4.69, 9.17) is 11.5 Å². The first kappa shape index (κ1) is 17.8. The zero-order chi connectivity index (χ0) is 18.0. The van der Waals surface area contributed by atoms with Gasteiger partial charge >= 0.3 is 0 Å². The fourth-order valence-corrected chi connectivity index (χ4v) is 7.27. The van der Waals surface area contributed by atoms with E-state index in [1.807, 2.05) is 0 Å². The predicted molar refractivity (Wildman–Crippen MR) is 106 cm³/mol. The molecule has 0 saturated heterocycles. The van der Waals surface area contributed by atoms with Crippen LogP contribution < -0.4 is 11.5 Å². The lowest BCUT2D eigenvalue weighted by Gasteiger charge is -2.46. The summed E-state index contributed by atoms with van der Waals surface area (Å²) in [4.78, 5) is 0. The highest BCUT2D eigenvalue weighted by Crippen LogP contribution is 2.60. The number of rotatable bonds is 1. The van der Waals surface area contributed by atoms with E-state index in [0.717, 1.165) is 18.3 Å². The summed E-state index contributed by atoms with van der Waals surface area (Å²) in [5.74, 6) is 2.96. The molecule has 2 nitrogen and oxygen atoms in total. The second kappa shape index (κ2) is 5.96. The van der Waals surface area contributed by atoms with Crippen molar-refractivity contribution >= 4 is 0 Å². The van der Waals surface area contributed by atoms with Crippen LogP contribution in [-0.2, 0) is 0 Å². The molecule has 4 aliphatic rings. The van der Waals surface area contributed by atoms with Crippen molar-refractivity contribution in [2.75, 3.05) is 0 Å². The van der Waals surface area contributed by atoms with Crippen LogP contribution in [0.4, 0.5) is 0 Å². The van der Waals surface area contributed by atoms with Crippen molar-refractivity contribution in [1.82, 2.24) is 0 Å². The second-order valence-electron chi connectivity index (χ2n) is 10.5. The van der Waals surface area contributed by atoms with Crippen LogP contribution in [0.15, 0.2) is 23.3 Å². The highest BCUT2D eigenvalue weighted by atomic mass is 14.7. The summed E-state index contributed by atoms with van der Waals surface area (Å²) in [6.07, 6.45) is 14.2. The fraction of sp³-hybridized carbons (Fsp3) is 0.826. The summed E-state index contributed by atoms with van der Waals surface area (Å²) in [5.41, 5.74) is 16.9. The molecule has 0 amide bonds. The van der Waals surface area contributed by atoms with Gasteiger partial charge in [0.1, 0.15) is 0 Å². The first-order chi connectivity index (χ1) is 11.7. The third kappa shape index (κ3) is 2.58. The van der Waals surface area contributed by atoms with Crippen LogP contribution in [0.2, 0.25) is 0 Å². The van der Waals surface area contributed by atoms with Crippen LogP contribution in [0.1, 0.15) is 72.6 Å². The Morgan fingerprint density at radius 2 is 1.84 bits per heavy atom. The molecule has 0 aromatic carbocycles. The molecule has 0 aromatic heterocycles. The van der Waals surface area contributed by atoms with Crippen LogP contribution in [0, 0.1) is 34.5 Å². The average molecular weight is 343 g/mol. The van der Waals surface area contributed by atoms with E-state index in [1.165, 1.54) is 38.5 Å². The number of hydrogen-bond acceptors (Lipinski definition) is 2. The van der Waals surface area contributed by atoms with E-state index in [-0.39, 0.29) is 5.41 Å². The lowest BCUT2D eigenvalue weighted by Crippen LogP contribution is -2.46. The van der Waals surface area contributed by atoms with Gasteiger partial charge in [-0.05, 0) is 91.9 Å². The summed E-state index contributed by atoms with van der Waals surface area (Å²) in [6.45, 7) is 9.58. The minimum Gasteiger partial charge on any atom is -0.328 e. The normalized spacial score (nSPS) is 46.9.